The Morgan fingerprint density at radius 3 is 2.27 bits per heavy atom. The fourth-order valence-electron chi connectivity index (χ4n) is 1.01. The van der Waals surface area contributed by atoms with Gasteiger partial charge in [-0.15, -0.1) is 0 Å². The van der Waals surface area contributed by atoms with Crippen LogP contribution in [0.4, 0.5) is 0 Å². The van der Waals surface area contributed by atoms with Crippen molar-refractivity contribution in [3.63, 3.8) is 0 Å². The van der Waals surface area contributed by atoms with E-state index < -0.39 is 18.2 Å². The molecule has 0 fully saturated rings. The Kier molecular flexibility index (Phi) is 3.93. The van der Waals surface area contributed by atoms with Gasteiger partial charge in [-0.1, -0.05) is 29.3 Å². The number of halogens is 2. The number of carboxylic acids is 1. The van der Waals surface area contributed by atoms with Crippen molar-refractivity contribution >= 4 is 29.2 Å². The van der Waals surface area contributed by atoms with Crippen LogP contribution in [0.2, 0.25) is 10.0 Å². The highest BCUT2D eigenvalue weighted by Crippen LogP contribution is 2.26. The number of hydrogen-bond acceptors (Lipinski definition) is 3. The summed E-state index contributed by atoms with van der Waals surface area (Å²) in [5.74, 6) is -1.51. The summed E-state index contributed by atoms with van der Waals surface area (Å²) >= 11 is 11.3. The van der Waals surface area contributed by atoms with Gasteiger partial charge in [-0.3, -0.25) is 0 Å². The molecule has 4 nitrogen and oxygen atoms in total. The van der Waals surface area contributed by atoms with Crippen LogP contribution in [0.15, 0.2) is 18.2 Å². The third-order valence-corrected chi connectivity index (χ3v) is 2.58. The number of aliphatic hydroxyl groups excluding tert-OH is 2. The lowest BCUT2D eigenvalue weighted by Gasteiger charge is -2.14. The van der Waals surface area contributed by atoms with E-state index in [1.54, 1.807) is 0 Å². The number of rotatable bonds is 3. The minimum atomic E-state index is -1.89. The highest BCUT2D eigenvalue weighted by molar-refractivity contribution is 6.42. The highest BCUT2D eigenvalue weighted by atomic mass is 35.5. The summed E-state index contributed by atoms with van der Waals surface area (Å²) in [7, 11) is 0. The topological polar surface area (TPSA) is 77.8 Å². The summed E-state index contributed by atoms with van der Waals surface area (Å²) in [4.78, 5) is 10.4. The summed E-state index contributed by atoms with van der Waals surface area (Å²) in [5, 5.41) is 27.5. The molecule has 1 aromatic rings. The molecule has 0 spiro atoms. The molecule has 82 valence electrons. The number of benzene rings is 1. The SMILES string of the molecule is O=C(O)C(O)C(O)c1ccc(Cl)c(Cl)c1. The van der Waals surface area contributed by atoms with Crippen LogP contribution in [-0.2, 0) is 4.79 Å². The van der Waals surface area contributed by atoms with Crippen LogP contribution in [0.3, 0.4) is 0 Å². The van der Waals surface area contributed by atoms with Crippen LogP contribution in [0.25, 0.3) is 0 Å². The van der Waals surface area contributed by atoms with Crippen molar-refractivity contribution in [1.82, 2.24) is 0 Å². The predicted octanol–water partition coefficient (Wildman–Crippen LogP) is 1.47. The van der Waals surface area contributed by atoms with Crippen molar-refractivity contribution in [2.24, 2.45) is 0 Å². The molecular weight excluding hydrogens is 243 g/mol. The largest absolute Gasteiger partial charge is 0.479 e. The van der Waals surface area contributed by atoms with Crippen molar-refractivity contribution in [2.45, 2.75) is 12.2 Å². The molecular formula is C9H8Cl2O4. The standard InChI is InChI=1S/C9H8Cl2O4/c10-5-2-1-4(3-6(5)11)7(12)8(13)9(14)15/h1-3,7-8,12-13H,(H,14,15). The second-order valence-corrected chi connectivity index (χ2v) is 3.72. The molecule has 0 aliphatic heterocycles. The average molecular weight is 251 g/mol. The van der Waals surface area contributed by atoms with Gasteiger partial charge in [-0.05, 0) is 17.7 Å². The Hall–Kier alpha value is -0.810. The van der Waals surface area contributed by atoms with Crippen molar-refractivity contribution in [3.05, 3.63) is 33.8 Å². The van der Waals surface area contributed by atoms with Crippen molar-refractivity contribution in [3.8, 4) is 0 Å². The van der Waals surface area contributed by atoms with Crippen LogP contribution in [0.5, 0.6) is 0 Å². The smallest absolute Gasteiger partial charge is 0.335 e. The lowest BCUT2D eigenvalue weighted by molar-refractivity contribution is -0.153. The molecule has 2 unspecified atom stereocenters. The molecule has 0 aliphatic carbocycles. The van der Waals surface area contributed by atoms with E-state index in [4.69, 9.17) is 33.4 Å². The molecule has 2 atom stereocenters. The number of carboxylic acid groups (broad SMARTS) is 1. The Morgan fingerprint density at radius 2 is 1.80 bits per heavy atom. The van der Waals surface area contributed by atoms with Gasteiger partial charge >= 0.3 is 5.97 Å². The van der Waals surface area contributed by atoms with E-state index in [1.165, 1.54) is 18.2 Å². The first-order valence-electron chi connectivity index (χ1n) is 3.97. The van der Waals surface area contributed by atoms with Gasteiger partial charge in [0, 0.05) is 0 Å². The predicted molar refractivity (Wildman–Crippen MR) is 55.1 cm³/mol. The van der Waals surface area contributed by atoms with Crippen LogP contribution >= 0.6 is 23.2 Å². The molecule has 0 radical (unpaired) electrons. The molecule has 3 N–H and O–H groups in total. The molecule has 0 saturated carbocycles. The van der Waals surface area contributed by atoms with Gasteiger partial charge in [0.05, 0.1) is 10.0 Å². The molecule has 0 bridgehead atoms. The van der Waals surface area contributed by atoms with E-state index in [2.05, 4.69) is 0 Å². The zero-order valence-corrected chi connectivity index (χ0v) is 8.90. The minimum Gasteiger partial charge on any atom is -0.479 e. The van der Waals surface area contributed by atoms with Gasteiger partial charge in [-0.25, -0.2) is 4.79 Å². The Labute approximate surface area is 95.7 Å². The van der Waals surface area contributed by atoms with Gasteiger partial charge in [0.25, 0.3) is 0 Å². The van der Waals surface area contributed by atoms with Crippen LogP contribution in [0, 0.1) is 0 Å². The monoisotopic (exact) mass is 250 g/mol. The first kappa shape index (κ1) is 12.3. The molecule has 0 saturated heterocycles. The average Bonchev–Trinajstić information content (AvgIpc) is 2.19. The van der Waals surface area contributed by atoms with Crippen molar-refractivity contribution in [1.29, 1.82) is 0 Å². The number of aliphatic hydroxyl groups is 2. The van der Waals surface area contributed by atoms with Gasteiger partial charge < -0.3 is 15.3 Å². The van der Waals surface area contributed by atoms with E-state index in [0.29, 0.717) is 0 Å². The first-order valence-corrected chi connectivity index (χ1v) is 4.73. The Bertz CT molecular complexity index is 380. The summed E-state index contributed by atoms with van der Waals surface area (Å²) < 4.78 is 0. The normalized spacial score (nSPS) is 14.7. The molecule has 6 heteroatoms. The molecule has 15 heavy (non-hydrogen) atoms. The summed E-state index contributed by atoms with van der Waals surface area (Å²) in [6, 6.07) is 4.11. The zero-order chi connectivity index (χ0) is 11.6. The van der Waals surface area contributed by atoms with Gasteiger partial charge in [0.1, 0.15) is 6.10 Å². The van der Waals surface area contributed by atoms with Crippen LogP contribution in [-0.4, -0.2) is 27.4 Å². The Morgan fingerprint density at radius 1 is 1.20 bits per heavy atom. The maximum Gasteiger partial charge on any atom is 0.335 e. The third kappa shape index (κ3) is 2.82. The zero-order valence-electron chi connectivity index (χ0n) is 7.39. The van der Waals surface area contributed by atoms with Gasteiger partial charge in [0.15, 0.2) is 6.10 Å². The van der Waals surface area contributed by atoms with Crippen LogP contribution in [0.1, 0.15) is 11.7 Å². The lowest BCUT2D eigenvalue weighted by Crippen LogP contribution is -2.27. The first-order chi connectivity index (χ1) is 6.93. The minimum absolute atomic E-state index is 0.186. The maximum absolute atomic E-state index is 10.4. The van der Waals surface area contributed by atoms with E-state index in [1.807, 2.05) is 0 Å². The maximum atomic E-state index is 10.4. The fraction of sp³-hybridized carbons (Fsp3) is 0.222. The quantitative estimate of drug-likeness (QED) is 0.760. The molecule has 1 rings (SSSR count). The number of aliphatic carboxylic acids is 1. The second kappa shape index (κ2) is 4.81. The number of carbonyl (C=O) groups is 1. The summed E-state index contributed by atoms with van der Waals surface area (Å²) in [6.45, 7) is 0. The second-order valence-electron chi connectivity index (χ2n) is 2.90. The van der Waals surface area contributed by atoms with E-state index >= 15 is 0 Å². The van der Waals surface area contributed by atoms with Gasteiger partial charge in [0.2, 0.25) is 0 Å². The summed E-state index contributed by atoms with van der Waals surface area (Å²) in [6.07, 6.45) is -3.42. The molecule has 0 heterocycles. The molecule has 1 aromatic carbocycles. The van der Waals surface area contributed by atoms with Crippen LogP contribution < -0.4 is 0 Å². The highest BCUT2D eigenvalue weighted by Gasteiger charge is 2.25. The molecule has 0 aliphatic rings. The lowest BCUT2D eigenvalue weighted by atomic mass is 10.0. The van der Waals surface area contributed by atoms with Crippen molar-refractivity contribution < 1.29 is 20.1 Å². The van der Waals surface area contributed by atoms with E-state index in [-0.39, 0.29) is 15.6 Å². The summed E-state index contributed by atoms with van der Waals surface area (Å²) in [5.41, 5.74) is 0.194. The fourth-order valence-corrected chi connectivity index (χ4v) is 1.32. The van der Waals surface area contributed by atoms with Crippen molar-refractivity contribution in [2.75, 3.05) is 0 Å². The Balaban J connectivity index is 2.96. The van der Waals surface area contributed by atoms with E-state index in [0.717, 1.165) is 0 Å². The molecule has 0 aromatic heterocycles. The molecule has 0 amide bonds. The van der Waals surface area contributed by atoms with Gasteiger partial charge in [-0.2, -0.15) is 0 Å². The number of hydrogen-bond donors (Lipinski definition) is 3. The van der Waals surface area contributed by atoms with E-state index in [9.17, 15) is 9.90 Å². The third-order valence-electron chi connectivity index (χ3n) is 1.84.